The highest BCUT2D eigenvalue weighted by atomic mass is 15.2. The minimum atomic E-state index is 0.733. The maximum atomic E-state index is 3.72. The Labute approximate surface area is 117 Å². The smallest absolute Gasteiger partial charge is 0.0195 e. The second-order valence-corrected chi connectivity index (χ2v) is 6.16. The van der Waals surface area contributed by atoms with Crippen LogP contribution in [0, 0.1) is 0 Å². The molecule has 0 aliphatic carbocycles. The van der Waals surface area contributed by atoms with Crippen LogP contribution in [-0.4, -0.2) is 37.1 Å². The molecule has 19 heavy (non-hydrogen) atoms. The lowest BCUT2D eigenvalue weighted by Gasteiger charge is -2.23. The summed E-state index contributed by atoms with van der Waals surface area (Å²) in [6.07, 6.45) is 6.89. The van der Waals surface area contributed by atoms with Gasteiger partial charge >= 0.3 is 0 Å². The standard InChI is InChI=1S/C17H26N2/c1-3-7-15(8-4-1)16-10-12-19(13-16)14-17-9-5-2-6-11-18-17/h1,3-4,7-8,16-18H,2,5-6,9-14H2. The van der Waals surface area contributed by atoms with E-state index in [4.69, 9.17) is 0 Å². The second kappa shape index (κ2) is 6.53. The molecule has 2 nitrogen and oxygen atoms in total. The van der Waals surface area contributed by atoms with E-state index in [0.717, 1.165) is 12.0 Å². The molecule has 1 aromatic rings. The lowest BCUT2D eigenvalue weighted by atomic mass is 9.99. The van der Waals surface area contributed by atoms with Gasteiger partial charge in [0.1, 0.15) is 0 Å². The molecule has 1 N–H and O–H groups in total. The molecular weight excluding hydrogens is 232 g/mol. The SMILES string of the molecule is c1ccc(C2CCN(CC3CCCCCN3)C2)cc1. The first-order chi connectivity index (χ1) is 9.42. The lowest BCUT2D eigenvalue weighted by molar-refractivity contribution is 0.284. The molecule has 0 bridgehead atoms. The van der Waals surface area contributed by atoms with E-state index in [9.17, 15) is 0 Å². The van der Waals surface area contributed by atoms with Crippen molar-refractivity contribution in [3.05, 3.63) is 35.9 Å². The van der Waals surface area contributed by atoms with Crippen LogP contribution in [0.15, 0.2) is 30.3 Å². The molecule has 2 aliphatic rings. The summed E-state index contributed by atoms with van der Waals surface area (Å²) in [5.41, 5.74) is 1.53. The van der Waals surface area contributed by atoms with E-state index in [0.29, 0.717) is 0 Å². The highest BCUT2D eigenvalue weighted by Gasteiger charge is 2.25. The van der Waals surface area contributed by atoms with Gasteiger partial charge in [0.05, 0.1) is 0 Å². The fraction of sp³-hybridized carbons (Fsp3) is 0.647. The van der Waals surface area contributed by atoms with Gasteiger partial charge in [-0.15, -0.1) is 0 Å². The average Bonchev–Trinajstić information content (AvgIpc) is 2.76. The van der Waals surface area contributed by atoms with Crippen molar-refractivity contribution in [2.24, 2.45) is 0 Å². The van der Waals surface area contributed by atoms with E-state index in [1.54, 1.807) is 0 Å². The lowest BCUT2D eigenvalue weighted by Crippen LogP contribution is -2.39. The molecule has 2 fully saturated rings. The van der Waals surface area contributed by atoms with E-state index in [1.165, 1.54) is 63.8 Å². The highest BCUT2D eigenvalue weighted by molar-refractivity contribution is 5.21. The van der Waals surface area contributed by atoms with E-state index in [2.05, 4.69) is 40.5 Å². The number of nitrogens with one attached hydrogen (secondary N) is 1. The summed E-state index contributed by atoms with van der Waals surface area (Å²) in [6.45, 7) is 5.00. The Balaban J connectivity index is 1.51. The molecule has 2 heteroatoms. The zero-order valence-corrected chi connectivity index (χ0v) is 11.9. The third-order valence-electron chi connectivity index (χ3n) is 4.68. The van der Waals surface area contributed by atoms with Crippen molar-refractivity contribution in [1.29, 1.82) is 0 Å². The number of nitrogens with zero attached hydrogens (tertiary/aromatic N) is 1. The van der Waals surface area contributed by atoms with Gasteiger partial charge in [0, 0.05) is 19.1 Å². The molecule has 2 saturated heterocycles. The normalized spacial score (nSPS) is 29.3. The van der Waals surface area contributed by atoms with Gasteiger partial charge in [-0.05, 0) is 43.8 Å². The van der Waals surface area contributed by atoms with Crippen molar-refractivity contribution >= 4 is 0 Å². The number of hydrogen-bond donors (Lipinski definition) is 1. The summed E-state index contributed by atoms with van der Waals surface area (Å²) in [4.78, 5) is 2.67. The molecule has 3 rings (SSSR count). The van der Waals surface area contributed by atoms with Gasteiger partial charge in [-0.3, -0.25) is 0 Å². The maximum absolute atomic E-state index is 3.72. The zero-order valence-electron chi connectivity index (χ0n) is 11.9. The Kier molecular flexibility index (Phi) is 4.52. The van der Waals surface area contributed by atoms with Crippen molar-refractivity contribution in [3.8, 4) is 0 Å². The van der Waals surface area contributed by atoms with Crippen molar-refractivity contribution in [3.63, 3.8) is 0 Å². The summed E-state index contributed by atoms with van der Waals surface area (Å²) in [5, 5.41) is 3.72. The Morgan fingerprint density at radius 3 is 2.84 bits per heavy atom. The zero-order chi connectivity index (χ0) is 12.9. The highest BCUT2D eigenvalue weighted by Crippen LogP contribution is 2.27. The Bertz CT molecular complexity index is 368. The molecule has 0 radical (unpaired) electrons. The monoisotopic (exact) mass is 258 g/mol. The predicted octanol–water partition coefficient (Wildman–Crippen LogP) is 3.01. The number of likely N-dealkylation sites (tertiary alicyclic amines) is 1. The van der Waals surface area contributed by atoms with Crippen LogP contribution in [0.25, 0.3) is 0 Å². The summed E-state index contributed by atoms with van der Waals surface area (Å²) in [7, 11) is 0. The van der Waals surface area contributed by atoms with Crippen LogP contribution in [0.3, 0.4) is 0 Å². The van der Waals surface area contributed by atoms with E-state index in [1.807, 2.05) is 0 Å². The number of rotatable bonds is 3. The van der Waals surface area contributed by atoms with E-state index < -0.39 is 0 Å². The van der Waals surface area contributed by atoms with Crippen LogP contribution < -0.4 is 5.32 Å². The predicted molar refractivity (Wildman–Crippen MR) is 80.5 cm³/mol. The minimum absolute atomic E-state index is 0.733. The quantitative estimate of drug-likeness (QED) is 0.896. The summed E-state index contributed by atoms with van der Waals surface area (Å²) >= 11 is 0. The van der Waals surface area contributed by atoms with Gasteiger partial charge in [-0.2, -0.15) is 0 Å². The van der Waals surface area contributed by atoms with Crippen LogP contribution in [0.4, 0.5) is 0 Å². The molecule has 2 unspecified atom stereocenters. The fourth-order valence-electron chi connectivity index (χ4n) is 3.56. The third-order valence-corrected chi connectivity index (χ3v) is 4.68. The number of hydrogen-bond acceptors (Lipinski definition) is 2. The molecule has 0 saturated carbocycles. The third kappa shape index (κ3) is 3.58. The Morgan fingerprint density at radius 2 is 1.95 bits per heavy atom. The van der Waals surface area contributed by atoms with Crippen molar-refractivity contribution in [2.45, 2.75) is 44.1 Å². The van der Waals surface area contributed by atoms with Crippen LogP contribution in [0.2, 0.25) is 0 Å². The van der Waals surface area contributed by atoms with Crippen molar-refractivity contribution < 1.29 is 0 Å². The molecule has 2 heterocycles. The molecule has 2 aliphatic heterocycles. The molecule has 0 amide bonds. The molecule has 104 valence electrons. The maximum Gasteiger partial charge on any atom is 0.0195 e. The van der Waals surface area contributed by atoms with Gasteiger partial charge in [0.25, 0.3) is 0 Å². The summed E-state index contributed by atoms with van der Waals surface area (Å²) in [5.74, 6) is 0.756. The second-order valence-electron chi connectivity index (χ2n) is 6.16. The van der Waals surface area contributed by atoms with Gasteiger partial charge in [-0.25, -0.2) is 0 Å². The van der Waals surface area contributed by atoms with Gasteiger partial charge in [0.2, 0.25) is 0 Å². The Morgan fingerprint density at radius 1 is 1.05 bits per heavy atom. The van der Waals surface area contributed by atoms with Crippen LogP contribution >= 0.6 is 0 Å². The van der Waals surface area contributed by atoms with Gasteiger partial charge in [-0.1, -0.05) is 43.2 Å². The van der Waals surface area contributed by atoms with Crippen LogP contribution in [0.5, 0.6) is 0 Å². The molecule has 2 atom stereocenters. The molecule has 0 spiro atoms. The van der Waals surface area contributed by atoms with Gasteiger partial charge in [0.15, 0.2) is 0 Å². The van der Waals surface area contributed by atoms with Crippen molar-refractivity contribution in [1.82, 2.24) is 10.2 Å². The van der Waals surface area contributed by atoms with E-state index in [-0.39, 0.29) is 0 Å². The molecular formula is C17H26N2. The summed E-state index contributed by atoms with van der Waals surface area (Å²) in [6, 6.07) is 11.8. The first-order valence-corrected chi connectivity index (χ1v) is 7.92. The first kappa shape index (κ1) is 13.1. The largest absolute Gasteiger partial charge is 0.313 e. The minimum Gasteiger partial charge on any atom is -0.313 e. The fourth-order valence-corrected chi connectivity index (χ4v) is 3.56. The number of benzene rings is 1. The summed E-state index contributed by atoms with van der Waals surface area (Å²) < 4.78 is 0. The Hall–Kier alpha value is -0.860. The van der Waals surface area contributed by atoms with Gasteiger partial charge < -0.3 is 10.2 Å². The molecule has 1 aromatic carbocycles. The van der Waals surface area contributed by atoms with Crippen LogP contribution in [-0.2, 0) is 0 Å². The first-order valence-electron chi connectivity index (χ1n) is 7.92. The van der Waals surface area contributed by atoms with Crippen molar-refractivity contribution in [2.75, 3.05) is 26.2 Å². The van der Waals surface area contributed by atoms with E-state index >= 15 is 0 Å². The topological polar surface area (TPSA) is 15.3 Å². The molecule has 0 aromatic heterocycles. The van der Waals surface area contributed by atoms with Crippen LogP contribution in [0.1, 0.15) is 43.6 Å². The average molecular weight is 258 g/mol.